The number of sulfonamides is 1. The quantitative estimate of drug-likeness (QED) is 0.612. The van der Waals surface area contributed by atoms with Gasteiger partial charge in [-0.05, 0) is 54.4 Å². The summed E-state index contributed by atoms with van der Waals surface area (Å²) in [6, 6.07) is 16.1. The Hall–Kier alpha value is -3.39. The molecule has 0 fully saturated rings. The van der Waals surface area contributed by atoms with Gasteiger partial charge in [-0.3, -0.25) is 9.10 Å². The summed E-state index contributed by atoms with van der Waals surface area (Å²) >= 11 is 0. The third-order valence-electron chi connectivity index (χ3n) is 4.85. The van der Waals surface area contributed by atoms with E-state index >= 15 is 0 Å². The number of benzene rings is 3. The molecule has 3 aromatic rings. The molecule has 162 valence electrons. The number of halogens is 1. The summed E-state index contributed by atoms with van der Waals surface area (Å²) in [7, 11) is -0.710. The van der Waals surface area contributed by atoms with Gasteiger partial charge in [-0.1, -0.05) is 24.3 Å². The summed E-state index contributed by atoms with van der Waals surface area (Å²) in [5.41, 5.74) is 2.45. The molecule has 0 aliphatic heterocycles. The smallest absolute Gasteiger partial charge is 0.255 e. The fraction of sp³-hybridized carbons (Fsp3) is 0.174. The lowest BCUT2D eigenvalue weighted by atomic mass is 10.0. The van der Waals surface area contributed by atoms with E-state index in [-0.39, 0.29) is 11.4 Å². The van der Waals surface area contributed by atoms with Crippen LogP contribution in [0, 0.1) is 12.7 Å². The molecule has 0 bridgehead atoms. The molecule has 0 aliphatic rings. The number of aryl methyl sites for hydroxylation is 1. The molecule has 0 radical (unpaired) electrons. The van der Waals surface area contributed by atoms with Crippen LogP contribution in [0.25, 0.3) is 11.1 Å². The Kier molecular flexibility index (Phi) is 6.31. The van der Waals surface area contributed by atoms with Gasteiger partial charge in [0, 0.05) is 18.2 Å². The topological polar surface area (TPSA) is 75.7 Å². The van der Waals surface area contributed by atoms with Crippen LogP contribution in [0.15, 0.2) is 60.7 Å². The molecular formula is C23H23FN2O4S. The first-order valence-electron chi connectivity index (χ1n) is 9.40. The highest BCUT2D eigenvalue weighted by Gasteiger charge is 2.19. The molecule has 31 heavy (non-hydrogen) atoms. The second kappa shape index (κ2) is 8.77. The molecule has 3 aromatic carbocycles. The largest absolute Gasteiger partial charge is 0.497 e. The molecule has 0 saturated heterocycles. The van der Waals surface area contributed by atoms with E-state index in [0.717, 1.165) is 16.1 Å². The average molecular weight is 443 g/mol. The highest BCUT2D eigenvalue weighted by molar-refractivity contribution is 7.92. The van der Waals surface area contributed by atoms with Crippen LogP contribution in [-0.2, 0) is 10.0 Å². The molecule has 8 heteroatoms. The second-order valence-electron chi connectivity index (χ2n) is 7.13. The van der Waals surface area contributed by atoms with Crippen molar-refractivity contribution < 1.29 is 22.3 Å². The number of nitrogens with one attached hydrogen (secondary N) is 1. The van der Waals surface area contributed by atoms with E-state index < -0.39 is 21.7 Å². The van der Waals surface area contributed by atoms with Gasteiger partial charge in [-0.25, -0.2) is 12.8 Å². The number of hydrogen-bond acceptors (Lipinski definition) is 4. The molecule has 0 unspecified atom stereocenters. The minimum atomic E-state index is -3.59. The van der Waals surface area contributed by atoms with Crippen LogP contribution in [0.1, 0.15) is 15.9 Å². The van der Waals surface area contributed by atoms with Crippen LogP contribution < -0.4 is 14.4 Å². The Bertz CT molecular complexity index is 1240. The van der Waals surface area contributed by atoms with E-state index in [1.807, 2.05) is 0 Å². The molecule has 0 aromatic heterocycles. The van der Waals surface area contributed by atoms with Gasteiger partial charge in [0.15, 0.2) is 0 Å². The minimum Gasteiger partial charge on any atom is -0.497 e. The first-order chi connectivity index (χ1) is 14.6. The van der Waals surface area contributed by atoms with Gasteiger partial charge in [0.05, 0.1) is 24.7 Å². The summed E-state index contributed by atoms with van der Waals surface area (Å²) in [4.78, 5) is 12.9. The molecular weight excluding hydrogens is 419 g/mol. The molecule has 0 atom stereocenters. The van der Waals surface area contributed by atoms with Crippen molar-refractivity contribution in [3.8, 4) is 16.9 Å². The van der Waals surface area contributed by atoms with E-state index in [4.69, 9.17) is 4.74 Å². The standard InChI is InChI=1S/C23H23FN2O4S/c1-15-8-10-19(20(24)12-15)16-9-11-22(26(2)31(4,28)29)21(14-16)25-23(27)17-6-5-7-18(13-17)30-3/h5-14H,1-4H3,(H,25,27). The number of carbonyl (C=O) groups excluding carboxylic acids is 1. The van der Waals surface area contributed by atoms with Crippen LogP contribution in [-0.4, -0.2) is 34.7 Å². The number of anilines is 2. The Labute approximate surface area is 181 Å². The zero-order chi connectivity index (χ0) is 22.8. The molecule has 0 heterocycles. The normalized spacial score (nSPS) is 11.1. The van der Waals surface area contributed by atoms with Crippen LogP contribution >= 0.6 is 0 Å². The highest BCUT2D eigenvalue weighted by Crippen LogP contribution is 2.34. The Morgan fingerprint density at radius 2 is 1.81 bits per heavy atom. The summed E-state index contributed by atoms with van der Waals surface area (Å²) < 4.78 is 44.9. The van der Waals surface area contributed by atoms with E-state index in [1.165, 1.54) is 26.3 Å². The minimum absolute atomic E-state index is 0.234. The maximum Gasteiger partial charge on any atom is 0.255 e. The second-order valence-corrected chi connectivity index (χ2v) is 9.15. The summed E-state index contributed by atoms with van der Waals surface area (Å²) in [6.07, 6.45) is 1.06. The first kappa shape index (κ1) is 22.3. The molecule has 0 spiro atoms. The molecule has 3 rings (SSSR count). The maximum atomic E-state index is 14.5. The lowest BCUT2D eigenvalue weighted by Crippen LogP contribution is -2.26. The van der Waals surface area contributed by atoms with Gasteiger partial charge in [0.25, 0.3) is 5.91 Å². The van der Waals surface area contributed by atoms with Crippen molar-refractivity contribution in [3.63, 3.8) is 0 Å². The zero-order valence-corrected chi connectivity index (χ0v) is 18.5. The SMILES string of the molecule is COc1cccc(C(=O)Nc2cc(-c3ccc(C)cc3F)ccc2N(C)S(C)(=O)=O)c1. The Morgan fingerprint density at radius 3 is 2.45 bits per heavy atom. The van der Waals surface area contributed by atoms with Crippen LogP contribution in [0.5, 0.6) is 5.75 Å². The van der Waals surface area contributed by atoms with Crippen molar-refractivity contribution in [2.75, 3.05) is 30.0 Å². The van der Waals surface area contributed by atoms with Crippen molar-refractivity contribution >= 4 is 27.3 Å². The molecule has 0 aliphatic carbocycles. The number of hydrogen-bond donors (Lipinski definition) is 1. The number of methoxy groups -OCH3 is 1. The number of amides is 1. The van der Waals surface area contributed by atoms with E-state index in [1.54, 1.807) is 55.5 Å². The van der Waals surface area contributed by atoms with Crippen molar-refractivity contribution in [1.29, 1.82) is 0 Å². The molecule has 1 amide bonds. The van der Waals surface area contributed by atoms with Gasteiger partial charge in [-0.15, -0.1) is 0 Å². The Balaban J connectivity index is 2.08. The van der Waals surface area contributed by atoms with Crippen molar-refractivity contribution in [2.45, 2.75) is 6.92 Å². The number of nitrogens with zero attached hydrogens (tertiary/aromatic N) is 1. The lowest BCUT2D eigenvalue weighted by molar-refractivity contribution is 0.102. The maximum absolute atomic E-state index is 14.5. The molecule has 0 saturated carbocycles. The number of carbonyl (C=O) groups is 1. The predicted octanol–water partition coefficient (Wildman–Crippen LogP) is 4.46. The van der Waals surface area contributed by atoms with Crippen LogP contribution in [0.2, 0.25) is 0 Å². The van der Waals surface area contributed by atoms with Gasteiger partial charge in [0.2, 0.25) is 10.0 Å². The highest BCUT2D eigenvalue weighted by atomic mass is 32.2. The van der Waals surface area contributed by atoms with Crippen LogP contribution in [0.4, 0.5) is 15.8 Å². The Morgan fingerprint density at radius 1 is 1.06 bits per heavy atom. The van der Waals surface area contributed by atoms with E-state index in [0.29, 0.717) is 22.4 Å². The van der Waals surface area contributed by atoms with Crippen molar-refractivity contribution in [2.24, 2.45) is 0 Å². The first-order valence-corrected chi connectivity index (χ1v) is 11.2. The average Bonchev–Trinajstić information content (AvgIpc) is 2.72. The third kappa shape index (κ3) is 5.03. The lowest BCUT2D eigenvalue weighted by Gasteiger charge is -2.21. The van der Waals surface area contributed by atoms with Gasteiger partial charge in [0.1, 0.15) is 11.6 Å². The fourth-order valence-electron chi connectivity index (χ4n) is 3.07. The monoisotopic (exact) mass is 442 g/mol. The number of ether oxygens (including phenoxy) is 1. The number of rotatable bonds is 6. The van der Waals surface area contributed by atoms with Gasteiger partial charge < -0.3 is 10.1 Å². The van der Waals surface area contributed by atoms with Crippen molar-refractivity contribution in [3.05, 3.63) is 77.6 Å². The zero-order valence-electron chi connectivity index (χ0n) is 17.6. The fourth-order valence-corrected chi connectivity index (χ4v) is 3.59. The van der Waals surface area contributed by atoms with Gasteiger partial charge >= 0.3 is 0 Å². The predicted molar refractivity (Wildman–Crippen MR) is 121 cm³/mol. The summed E-state index contributed by atoms with van der Waals surface area (Å²) in [6.45, 7) is 1.79. The third-order valence-corrected chi connectivity index (χ3v) is 6.04. The van der Waals surface area contributed by atoms with E-state index in [9.17, 15) is 17.6 Å². The van der Waals surface area contributed by atoms with E-state index in [2.05, 4.69) is 5.32 Å². The van der Waals surface area contributed by atoms with Crippen molar-refractivity contribution in [1.82, 2.24) is 0 Å². The van der Waals surface area contributed by atoms with Gasteiger partial charge in [-0.2, -0.15) is 0 Å². The molecule has 1 N–H and O–H groups in total. The summed E-state index contributed by atoms with van der Waals surface area (Å²) in [5, 5.41) is 2.75. The summed E-state index contributed by atoms with van der Waals surface area (Å²) in [5.74, 6) is -0.352. The molecule has 6 nitrogen and oxygen atoms in total. The van der Waals surface area contributed by atoms with Crippen LogP contribution in [0.3, 0.4) is 0 Å².